The minimum atomic E-state index is 0. The first-order chi connectivity index (χ1) is 7.38. The van der Waals surface area contributed by atoms with Gasteiger partial charge in [-0.2, -0.15) is 0 Å². The van der Waals surface area contributed by atoms with E-state index >= 15 is 0 Å². The Morgan fingerprint density at radius 1 is 1.31 bits per heavy atom. The second-order valence-electron chi connectivity index (χ2n) is 3.18. The van der Waals surface area contributed by atoms with Crippen molar-refractivity contribution in [2.45, 2.75) is 7.43 Å². The molecule has 3 nitrogen and oxygen atoms in total. The van der Waals surface area contributed by atoms with Gasteiger partial charge in [0.25, 0.3) is 0 Å². The molecule has 82 valence electrons. The Balaban J connectivity index is 0.000000963. The van der Waals surface area contributed by atoms with Crippen molar-refractivity contribution in [1.29, 1.82) is 0 Å². The normalized spacial score (nSPS) is 11.9. The minimum Gasteiger partial charge on any atom is -0.497 e. The maximum atomic E-state index is 5.13. The van der Waals surface area contributed by atoms with E-state index in [2.05, 4.69) is 9.98 Å². The number of nitrogens with zero attached hydrogens (tertiary/aromatic N) is 2. The maximum absolute atomic E-state index is 5.13. The first-order valence-electron chi connectivity index (χ1n) is 4.55. The van der Waals surface area contributed by atoms with E-state index in [1.54, 1.807) is 24.6 Å². The number of hydrogen-bond acceptors (Lipinski definition) is 4. The van der Waals surface area contributed by atoms with E-state index in [4.69, 9.17) is 4.74 Å². The van der Waals surface area contributed by atoms with Crippen LogP contribution in [0, 0.1) is 0 Å². The summed E-state index contributed by atoms with van der Waals surface area (Å²) in [6.45, 7) is 0. The molecule has 0 unspecified atom stereocenters. The van der Waals surface area contributed by atoms with E-state index in [1.807, 2.05) is 23.6 Å². The van der Waals surface area contributed by atoms with Gasteiger partial charge in [-0.25, -0.2) is 9.98 Å². The number of ether oxygens (including phenoxy) is 1. The SMILES string of the molecule is C.COc1ccc2c(c1)N=C2c1nccs1. The van der Waals surface area contributed by atoms with Crippen LogP contribution in [-0.2, 0) is 0 Å². The van der Waals surface area contributed by atoms with E-state index in [0.29, 0.717) is 0 Å². The first kappa shape index (κ1) is 10.8. The fraction of sp³-hybridized carbons (Fsp3) is 0.167. The lowest BCUT2D eigenvalue weighted by Crippen LogP contribution is -2.10. The molecule has 3 rings (SSSR count). The molecule has 0 saturated heterocycles. The number of thiazole rings is 1. The second kappa shape index (κ2) is 4.06. The van der Waals surface area contributed by atoms with Crippen LogP contribution in [0.1, 0.15) is 18.0 Å². The molecule has 0 N–H and O–H groups in total. The maximum Gasteiger partial charge on any atom is 0.142 e. The predicted octanol–water partition coefficient (Wildman–Crippen LogP) is 3.27. The molecule has 0 saturated carbocycles. The molecule has 2 heterocycles. The summed E-state index contributed by atoms with van der Waals surface area (Å²) in [6.07, 6.45) is 1.80. The number of aromatic nitrogens is 1. The van der Waals surface area contributed by atoms with Gasteiger partial charge in [0.1, 0.15) is 16.5 Å². The Hall–Kier alpha value is -1.68. The van der Waals surface area contributed by atoms with Crippen LogP contribution in [0.4, 0.5) is 5.69 Å². The Labute approximate surface area is 98.5 Å². The number of fused-ring (bicyclic) bond motifs is 1. The van der Waals surface area contributed by atoms with Crippen LogP contribution in [0.2, 0.25) is 0 Å². The molecule has 0 radical (unpaired) electrons. The molecule has 1 aromatic carbocycles. The number of benzene rings is 1. The molecule has 0 aliphatic carbocycles. The lowest BCUT2D eigenvalue weighted by atomic mass is 10.0. The zero-order chi connectivity index (χ0) is 10.3. The molecule has 0 amide bonds. The van der Waals surface area contributed by atoms with E-state index < -0.39 is 0 Å². The Morgan fingerprint density at radius 2 is 2.19 bits per heavy atom. The molecule has 0 bridgehead atoms. The zero-order valence-corrected chi connectivity index (χ0v) is 8.91. The highest BCUT2D eigenvalue weighted by Gasteiger charge is 2.22. The fourth-order valence-corrected chi connectivity index (χ4v) is 2.20. The second-order valence-corrected chi connectivity index (χ2v) is 4.08. The van der Waals surface area contributed by atoms with E-state index in [9.17, 15) is 0 Å². The first-order valence-corrected chi connectivity index (χ1v) is 5.43. The van der Waals surface area contributed by atoms with Crippen molar-refractivity contribution in [1.82, 2.24) is 4.98 Å². The van der Waals surface area contributed by atoms with Crippen LogP contribution < -0.4 is 4.74 Å². The number of methoxy groups -OCH3 is 1. The predicted molar refractivity (Wildman–Crippen MR) is 67.1 cm³/mol. The standard InChI is InChI=1S/C11H8N2OS.CH4/c1-14-7-2-3-8-9(6-7)13-10(8)11-12-4-5-15-11;/h2-6H,1H3;1H4. The van der Waals surface area contributed by atoms with E-state index in [1.165, 1.54) is 0 Å². The third-order valence-corrected chi connectivity index (χ3v) is 3.11. The summed E-state index contributed by atoms with van der Waals surface area (Å²) in [5, 5.41) is 2.94. The molecule has 2 aromatic rings. The summed E-state index contributed by atoms with van der Waals surface area (Å²) in [5.74, 6) is 0.843. The molecule has 16 heavy (non-hydrogen) atoms. The van der Waals surface area contributed by atoms with Gasteiger partial charge in [-0.05, 0) is 12.1 Å². The van der Waals surface area contributed by atoms with Gasteiger partial charge in [0.15, 0.2) is 0 Å². The van der Waals surface area contributed by atoms with Gasteiger partial charge in [0.05, 0.1) is 12.8 Å². The van der Waals surface area contributed by atoms with E-state index in [-0.39, 0.29) is 7.43 Å². The van der Waals surface area contributed by atoms with Crippen LogP contribution in [0.15, 0.2) is 34.8 Å². The van der Waals surface area contributed by atoms with Gasteiger partial charge in [0, 0.05) is 23.2 Å². The Bertz CT molecular complexity index is 532. The molecule has 4 heteroatoms. The Kier molecular flexibility index (Phi) is 2.75. The van der Waals surface area contributed by atoms with Crippen molar-refractivity contribution in [2.24, 2.45) is 4.99 Å². The smallest absolute Gasteiger partial charge is 0.142 e. The van der Waals surface area contributed by atoms with Crippen LogP contribution in [0.25, 0.3) is 0 Å². The van der Waals surface area contributed by atoms with Crippen molar-refractivity contribution < 1.29 is 4.74 Å². The highest BCUT2D eigenvalue weighted by molar-refractivity contribution is 7.12. The van der Waals surface area contributed by atoms with Crippen LogP contribution >= 0.6 is 11.3 Å². The highest BCUT2D eigenvalue weighted by Crippen LogP contribution is 2.35. The topological polar surface area (TPSA) is 34.5 Å². The number of aliphatic imine (C=N–C) groups is 1. The third-order valence-electron chi connectivity index (χ3n) is 2.33. The third kappa shape index (κ3) is 1.51. The average molecular weight is 232 g/mol. The Morgan fingerprint density at radius 3 is 2.81 bits per heavy atom. The largest absolute Gasteiger partial charge is 0.497 e. The monoisotopic (exact) mass is 232 g/mol. The van der Waals surface area contributed by atoms with Gasteiger partial charge in [0.2, 0.25) is 0 Å². The molecular weight excluding hydrogens is 220 g/mol. The summed E-state index contributed by atoms with van der Waals surface area (Å²) >= 11 is 1.61. The molecule has 1 aromatic heterocycles. The van der Waals surface area contributed by atoms with Crippen molar-refractivity contribution in [3.63, 3.8) is 0 Å². The zero-order valence-electron chi connectivity index (χ0n) is 8.10. The van der Waals surface area contributed by atoms with Crippen molar-refractivity contribution in [3.05, 3.63) is 40.3 Å². The van der Waals surface area contributed by atoms with Gasteiger partial charge in [-0.3, -0.25) is 0 Å². The lowest BCUT2D eigenvalue weighted by molar-refractivity contribution is 0.415. The van der Waals surface area contributed by atoms with E-state index in [0.717, 1.165) is 27.7 Å². The molecule has 1 aliphatic rings. The number of rotatable bonds is 2. The number of hydrogen-bond donors (Lipinski definition) is 0. The molecule has 0 atom stereocenters. The summed E-state index contributed by atoms with van der Waals surface area (Å²) in [4.78, 5) is 8.66. The molecular formula is C12H12N2OS. The summed E-state index contributed by atoms with van der Waals surface area (Å²) in [7, 11) is 1.66. The lowest BCUT2D eigenvalue weighted by Gasteiger charge is -2.17. The quantitative estimate of drug-likeness (QED) is 0.679. The van der Waals surface area contributed by atoms with Gasteiger partial charge in [-0.1, -0.05) is 7.43 Å². The van der Waals surface area contributed by atoms with Crippen LogP contribution in [0.5, 0.6) is 5.75 Å². The minimum absolute atomic E-state index is 0. The van der Waals surface area contributed by atoms with Crippen LogP contribution in [0.3, 0.4) is 0 Å². The van der Waals surface area contributed by atoms with Crippen molar-refractivity contribution >= 4 is 22.7 Å². The highest BCUT2D eigenvalue weighted by atomic mass is 32.1. The average Bonchev–Trinajstić information content (AvgIpc) is 2.73. The van der Waals surface area contributed by atoms with Gasteiger partial charge in [-0.15, -0.1) is 11.3 Å². The fourth-order valence-electron chi connectivity index (χ4n) is 1.56. The molecule has 0 fully saturated rings. The summed E-state index contributed by atoms with van der Waals surface area (Å²) in [5.41, 5.74) is 3.13. The van der Waals surface area contributed by atoms with Crippen molar-refractivity contribution in [2.75, 3.05) is 7.11 Å². The summed E-state index contributed by atoms with van der Waals surface area (Å²) < 4.78 is 5.13. The molecule has 1 aliphatic heterocycles. The van der Waals surface area contributed by atoms with Crippen molar-refractivity contribution in [3.8, 4) is 5.75 Å². The molecule has 0 spiro atoms. The van der Waals surface area contributed by atoms with Gasteiger partial charge >= 0.3 is 0 Å². The summed E-state index contributed by atoms with van der Waals surface area (Å²) in [6, 6.07) is 5.91. The van der Waals surface area contributed by atoms with Gasteiger partial charge < -0.3 is 4.74 Å². The van der Waals surface area contributed by atoms with Crippen LogP contribution in [-0.4, -0.2) is 17.8 Å².